The van der Waals surface area contributed by atoms with Gasteiger partial charge in [0.15, 0.2) is 0 Å². The number of amides is 1. The summed E-state index contributed by atoms with van der Waals surface area (Å²) in [4.78, 5) is 27.1. The summed E-state index contributed by atoms with van der Waals surface area (Å²) in [6, 6.07) is 0.440. The van der Waals surface area contributed by atoms with Crippen molar-refractivity contribution in [3.05, 3.63) is 0 Å². The smallest absolute Gasteiger partial charge is 0.309 e. The lowest BCUT2D eigenvalue weighted by molar-refractivity contribution is -0.176. The number of ether oxygens (including phenoxy) is 1. The third kappa shape index (κ3) is 2.16. The molecule has 4 saturated carbocycles. The normalized spacial score (nSPS) is 50.0. The highest BCUT2D eigenvalue weighted by atomic mass is 16.5. The molecule has 150 valence electrons. The molecule has 0 aromatic carbocycles. The molecule has 5 aliphatic rings. The first-order chi connectivity index (χ1) is 12.8. The number of likely N-dealkylation sites (tertiary alicyclic amines) is 1. The fourth-order valence-electron chi connectivity index (χ4n) is 8.91. The van der Waals surface area contributed by atoms with Crippen LogP contribution in [0.15, 0.2) is 0 Å². The molecule has 4 heteroatoms. The molecule has 5 rings (SSSR count). The Balaban J connectivity index is 1.51. The van der Waals surface area contributed by atoms with Gasteiger partial charge in [0.05, 0.1) is 13.0 Å². The van der Waals surface area contributed by atoms with Gasteiger partial charge < -0.3 is 9.64 Å². The van der Waals surface area contributed by atoms with E-state index >= 15 is 0 Å². The van der Waals surface area contributed by atoms with Crippen LogP contribution in [0.4, 0.5) is 0 Å². The monoisotopic (exact) mass is 373 g/mol. The number of hydrogen-bond donors (Lipinski definition) is 0. The van der Waals surface area contributed by atoms with Gasteiger partial charge in [-0.15, -0.1) is 0 Å². The van der Waals surface area contributed by atoms with Gasteiger partial charge in [0.1, 0.15) is 0 Å². The molecule has 4 nitrogen and oxygen atoms in total. The van der Waals surface area contributed by atoms with Gasteiger partial charge in [-0.3, -0.25) is 9.59 Å². The van der Waals surface area contributed by atoms with Gasteiger partial charge in [-0.25, -0.2) is 0 Å². The van der Waals surface area contributed by atoms with Gasteiger partial charge in [0.25, 0.3) is 0 Å². The Morgan fingerprint density at radius 3 is 2.41 bits per heavy atom. The van der Waals surface area contributed by atoms with E-state index in [0.717, 1.165) is 31.6 Å². The number of piperidine rings is 1. The number of rotatable bonds is 1. The summed E-state index contributed by atoms with van der Waals surface area (Å²) in [7, 11) is 3.62. The maximum atomic E-state index is 12.5. The van der Waals surface area contributed by atoms with Gasteiger partial charge in [-0.1, -0.05) is 13.8 Å². The molecule has 27 heavy (non-hydrogen) atoms. The molecular weight excluding hydrogens is 338 g/mol. The van der Waals surface area contributed by atoms with Crippen LogP contribution >= 0.6 is 0 Å². The summed E-state index contributed by atoms with van der Waals surface area (Å²) in [5.74, 6) is 2.54. The first kappa shape index (κ1) is 18.0. The predicted molar refractivity (Wildman–Crippen MR) is 103 cm³/mol. The van der Waals surface area contributed by atoms with Crippen molar-refractivity contribution < 1.29 is 14.3 Å². The molecule has 0 bridgehead atoms. The van der Waals surface area contributed by atoms with Gasteiger partial charge in [0, 0.05) is 19.5 Å². The number of carbonyl (C=O) groups excluding carboxylic acids is 2. The predicted octanol–water partition coefficient (Wildman–Crippen LogP) is 4.03. The van der Waals surface area contributed by atoms with Crippen LogP contribution in [0.2, 0.25) is 0 Å². The Morgan fingerprint density at radius 1 is 1.04 bits per heavy atom. The molecular formula is C23H35NO3. The minimum Gasteiger partial charge on any atom is -0.469 e. The van der Waals surface area contributed by atoms with Gasteiger partial charge in [-0.05, 0) is 85.4 Å². The second-order valence-corrected chi connectivity index (χ2v) is 11.1. The average Bonchev–Trinajstić information content (AvgIpc) is 3.29. The molecule has 7 atom stereocenters. The highest BCUT2D eigenvalue weighted by molar-refractivity contribution is 5.78. The summed E-state index contributed by atoms with van der Waals surface area (Å²) in [6.45, 7) is 4.89. The van der Waals surface area contributed by atoms with Crippen molar-refractivity contribution in [1.82, 2.24) is 4.90 Å². The average molecular weight is 374 g/mol. The van der Waals surface area contributed by atoms with E-state index in [1.807, 2.05) is 0 Å². The lowest BCUT2D eigenvalue weighted by Gasteiger charge is -2.64. The fraction of sp³-hybridized carbons (Fsp3) is 0.913. The number of fused-ring (bicyclic) bond motifs is 6. The molecule has 0 radical (unpaired) electrons. The lowest BCUT2D eigenvalue weighted by Crippen LogP contribution is -2.65. The van der Waals surface area contributed by atoms with Crippen LogP contribution in [0.3, 0.4) is 0 Å². The third-order valence-electron chi connectivity index (χ3n) is 10.2. The lowest BCUT2D eigenvalue weighted by atomic mass is 9.44. The molecule has 0 aromatic rings. The zero-order valence-electron chi connectivity index (χ0n) is 17.4. The van der Waals surface area contributed by atoms with Gasteiger partial charge >= 0.3 is 5.97 Å². The Morgan fingerprint density at radius 2 is 1.74 bits per heavy atom. The maximum absolute atomic E-state index is 12.5. The van der Waals surface area contributed by atoms with Gasteiger partial charge in [-0.2, -0.15) is 0 Å². The highest BCUT2D eigenvalue weighted by Crippen LogP contribution is 2.73. The number of esters is 1. The molecule has 4 aliphatic carbocycles. The van der Waals surface area contributed by atoms with Crippen LogP contribution in [0.1, 0.15) is 71.6 Å². The standard InChI is InChI=1S/C23H35NO3/c1-21-9-7-16-14(15(21)5-6-17(21)19(26)27-4)13-23(11-12-23)20-22(16,2)10-8-18(25)24(20)3/h14-17,20H,5-13H2,1-4H3/t14?,15?,16?,17?,20?,21-,22?/m1/s1. The summed E-state index contributed by atoms with van der Waals surface area (Å²) in [5.41, 5.74) is 0.735. The van der Waals surface area contributed by atoms with Crippen molar-refractivity contribution >= 4 is 11.9 Å². The van der Waals surface area contributed by atoms with Crippen molar-refractivity contribution in [2.24, 2.45) is 39.9 Å². The van der Waals surface area contributed by atoms with E-state index in [0.29, 0.717) is 29.2 Å². The van der Waals surface area contributed by atoms with Gasteiger partial charge in [0.2, 0.25) is 5.91 Å². The van der Waals surface area contributed by atoms with Crippen LogP contribution in [-0.2, 0) is 14.3 Å². The first-order valence-electron chi connectivity index (χ1n) is 11.1. The zero-order valence-corrected chi connectivity index (χ0v) is 17.4. The molecule has 1 saturated heterocycles. The fourth-order valence-corrected chi connectivity index (χ4v) is 8.91. The molecule has 5 fully saturated rings. The summed E-state index contributed by atoms with van der Waals surface area (Å²) < 4.78 is 5.19. The van der Waals surface area contributed by atoms with Crippen molar-refractivity contribution in [2.75, 3.05) is 14.2 Å². The van der Waals surface area contributed by atoms with E-state index in [4.69, 9.17) is 4.74 Å². The highest BCUT2D eigenvalue weighted by Gasteiger charge is 2.70. The third-order valence-corrected chi connectivity index (χ3v) is 10.2. The SMILES string of the molecule is COC(=O)C1CCC2C3CC4(CC4)C4N(C)C(=O)CCC4(C)C3CC[C@@]12C. The summed E-state index contributed by atoms with van der Waals surface area (Å²) >= 11 is 0. The van der Waals surface area contributed by atoms with Crippen LogP contribution in [0, 0.1) is 39.9 Å². The summed E-state index contributed by atoms with van der Waals surface area (Å²) in [5, 5.41) is 0. The number of methoxy groups -OCH3 is 1. The number of hydrogen-bond acceptors (Lipinski definition) is 3. The molecule has 0 aromatic heterocycles. The van der Waals surface area contributed by atoms with E-state index in [1.54, 1.807) is 7.11 Å². The minimum absolute atomic E-state index is 0.0162. The van der Waals surface area contributed by atoms with E-state index < -0.39 is 0 Å². The Kier molecular flexibility index (Phi) is 3.67. The van der Waals surface area contributed by atoms with Crippen molar-refractivity contribution in [2.45, 2.75) is 77.7 Å². The number of nitrogens with zero attached hydrogens (tertiary/aromatic N) is 1. The second kappa shape index (κ2) is 5.51. The quantitative estimate of drug-likeness (QED) is 0.652. The molecule has 1 aliphatic heterocycles. The van der Waals surface area contributed by atoms with Crippen LogP contribution in [-0.4, -0.2) is 37.0 Å². The minimum atomic E-state index is 0.0162. The van der Waals surface area contributed by atoms with Crippen molar-refractivity contribution in [3.8, 4) is 0 Å². The van der Waals surface area contributed by atoms with E-state index in [-0.39, 0.29) is 22.7 Å². The molecule has 0 N–H and O–H groups in total. The molecule has 1 amide bonds. The zero-order chi connectivity index (χ0) is 19.2. The number of carbonyl (C=O) groups is 2. The Bertz CT molecular complexity index is 685. The summed E-state index contributed by atoms with van der Waals surface area (Å²) in [6.07, 6.45) is 10.2. The van der Waals surface area contributed by atoms with Crippen molar-refractivity contribution in [3.63, 3.8) is 0 Å². The molecule has 1 heterocycles. The topological polar surface area (TPSA) is 46.6 Å². The van der Waals surface area contributed by atoms with E-state index in [2.05, 4.69) is 25.8 Å². The van der Waals surface area contributed by atoms with Crippen molar-refractivity contribution in [1.29, 1.82) is 0 Å². The largest absolute Gasteiger partial charge is 0.469 e. The Labute approximate surface area is 163 Å². The van der Waals surface area contributed by atoms with Crippen LogP contribution < -0.4 is 0 Å². The van der Waals surface area contributed by atoms with E-state index in [9.17, 15) is 9.59 Å². The molecule has 1 spiro atoms. The van der Waals surface area contributed by atoms with E-state index in [1.165, 1.54) is 32.1 Å². The second-order valence-electron chi connectivity index (χ2n) is 11.1. The van der Waals surface area contributed by atoms with Crippen LogP contribution in [0.5, 0.6) is 0 Å². The maximum Gasteiger partial charge on any atom is 0.309 e. The molecule has 6 unspecified atom stereocenters. The Hall–Kier alpha value is -1.06. The van der Waals surface area contributed by atoms with Crippen LogP contribution in [0.25, 0.3) is 0 Å². The first-order valence-corrected chi connectivity index (χ1v) is 11.1.